The minimum atomic E-state index is 0.805. The van der Waals surface area contributed by atoms with Gasteiger partial charge in [0, 0.05) is 29.8 Å². The maximum absolute atomic E-state index is 4.33. The molecule has 0 aliphatic rings. The van der Waals surface area contributed by atoms with Crippen molar-refractivity contribution in [1.29, 1.82) is 0 Å². The molecule has 2 rings (SSSR count). The van der Waals surface area contributed by atoms with E-state index in [-0.39, 0.29) is 0 Å². The summed E-state index contributed by atoms with van der Waals surface area (Å²) in [6.07, 6.45) is 3.94. The zero-order valence-corrected chi connectivity index (χ0v) is 14.3. The average Bonchev–Trinajstić information content (AvgIpc) is 2.49. The van der Waals surface area contributed by atoms with Crippen LogP contribution in [0.25, 0.3) is 0 Å². The second kappa shape index (κ2) is 7.41. The first-order valence-electron chi connectivity index (χ1n) is 7.16. The number of halogens is 1. The van der Waals surface area contributed by atoms with Crippen LogP contribution in [0.1, 0.15) is 25.3 Å². The van der Waals surface area contributed by atoms with Crippen molar-refractivity contribution in [2.24, 2.45) is 0 Å². The SMILES string of the molecule is CCCCN(C)c1cc(Nc2ccc(C)c(Br)c2)ncn1. The Balaban J connectivity index is 2.11. The number of benzene rings is 1. The van der Waals surface area contributed by atoms with Crippen molar-refractivity contribution in [2.45, 2.75) is 26.7 Å². The molecule has 2 aromatic rings. The van der Waals surface area contributed by atoms with Gasteiger partial charge in [-0.15, -0.1) is 0 Å². The summed E-state index contributed by atoms with van der Waals surface area (Å²) in [4.78, 5) is 10.8. The molecule has 0 aliphatic heterocycles. The van der Waals surface area contributed by atoms with E-state index in [1.54, 1.807) is 6.33 Å². The predicted molar refractivity (Wildman–Crippen MR) is 92.4 cm³/mol. The lowest BCUT2D eigenvalue weighted by atomic mass is 10.2. The molecule has 0 atom stereocenters. The molecule has 1 aromatic carbocycles. The molecule has 4 nitrogen and oxygen atoms in total. The van der Waals surface area contributed by atoms with Gasteiger partial charge in [0.05, 0.1) is 0 Å². The van der Waals surface area contributed by atoms with E-state index in [1.807, 2.05) is 12.1 Å². The van der Waals surface area contributed by atoms with Crippen LogP contribution >= 0.6 is 15.9 Å². The van der Waals surface area contributed by atoms with Crippen LogP contribution in [0.4, 0.5) is 17.3 Å². The Morgan fingerprint density at radius 2 is 2.05 bits per heavy atom. The Hall–Kier alpha value is -1.62. The third-order valence-corrected chi connectivity index (χ3v) is 4.19. The van der Waals surface area contributed by atoms with Gasteiger partial charge in [-0.2, -0.15) is 0 Å². The molecule has 0 saturated carbocycles. The number of nitrogens with one attached hydrogen (secondary N) is 1. The van der Waals surface area contributed by atoms with E-state index >= 15 is 0 Å². The second-order valence-electron chi connectivity index (χ2n) is 5.13. The maximum Gasteiger partial charge on any atom is 0.135 e. The van der Waals surface area contributed by atoms with E-state index in [2.05, 4.69) is 69.1 Å². The normalized spacial score (nSPS) is 10.5. The van der Waals surface area contributed by atoms with Crippen LogP contribution in [-0.2, 0) is 0 Å². The summed E-state index contributed by atoms with van der Waals surface area (Å²) in [7, 11) is 2.06. The smallest absolute Gasteiger partial charge is 0.135 e. The highest BCUT2D eigenvalue weighted by atomic mass is 79.9. The molecule has 1 aromatic heterocycles. The second-order valence-corrected chi connectivity index (χ2v) is 5.98. The van der Waals surface area contributed by atoms with Crippen molar-refractivity contribution in [1.82, 2.24) is 9.97 Å². The molecule has 0 spiro atoms. The monoisotopic (exact) mass is 348 g/mol. The molecule has 0 fully saturated rings. The molecule has 0 unspecified atom stereocenters. The van der Waals surface area contributed by atoms with E-state index in [0.717, 1.165) is 34.8 Å². The van der Waals surface area contributed by atoms with Crippen LogP contribution in [0.15, 0.2) is 35.1 Å². The highest BCUT2D eigenvalue weighted by Crippen LogP contribution is 2.23. The Morgan fingerprint density at radius 1 is 1.24 bits per heavy atom. The Labute approximate surface area is 134 Å². The van der Waals surface area contributed by atoms with E-state index in [0.29, 0.717) is 0 Å². The van der Waals surface area contributed by atoms with Gasteiger partial charge in [0.2, 0.25) is 0 Å². The topological polar surface area (TPSA) is 41.0 Å². The molecular weight excluding hydrogens is 328 g/mol. The third kappa shape index (κ3) is 4.43. The number of aryl methyl sites for hydroxylation is 1. The maximum atomic E-state index is 4.33. The lowest BCUT2D eigenvalue weighted by Crippen LogP contribution is -2.19. The minimum Gasteiger partial charge on any atom is -0.360 e. The predicted octanol–water partition coefficient (Wildman–Crippen LogP) is 4.53. The summed E-state index contributed by atoms with van der Waals surface area (Å²) in [6.45, 7) is 5.26. The largest absolute Gasteiger partial charge is 0.360 e. The Kier molecular flexibility index (Phi) is 5.56. The number of nitrogens with zero attached hydrogens (tertiary/aromatic N) is 3. The summed E-state index contributed by atoms with van der Waals surface area (Å²) >= 11 is 3.54. The number of rotatable bonds is 6. The molecule has 21 heavy (non-hydrogen) atoms. The van der Waals surface area contributed by atoms with Gasteiger partial charge in [0.15, 0.2) is 0 Å². The van der Waals surface area contributed by atoms with E-state index in [1.165, 1.54) is 12.0 Å². The van der Waals surface area contributed by atoms with Crippen molar-refractivity contribution in [3.63, 3.8) is 0 Å². The molecule has 0 aliphatic carbocycles. The van der Waals surface area contributed by atoms with Crippen molar-refractivity contribution >= 4 is 33.3 Å². The number of hydrogen-bond acceptors (Lipinski definition) is 4. The summed E-state index contributed by atoms with van der Waals surface area (Å²) in [5.74, 6) is 1.74. The Bertz CT molecular complexity index is 601. The number of hydrogen-bond donors (Lipinski definition) is 1. The molecule has 0 bridgehead atoms. The summed E-state index contributed by atoms with van der Waals surface area (Å²) in [5.41, 5.74) is 2.22. The first-order valence-corrected chi connectivity index (χ1v) is 7.96. The van der Waals surface area contributed by atoms with E-state index in [9.17, 15) is 0 Å². The van der Waals surface area contributed by atoms with Gasteiger partial charge in [0.1, 0.15) is 18.0 Å². The van der Waals surface area contributed by atoms with Gasteiger partial charge in [-0.05, 0) is 31.0 Å². The summed E-state index contributed by atoms with van der Waals surface area (Å²) in [5, 5.41) is 3.32. The molecule has 0 saturated heterocycles. The number of anilines is 3. The van der Waals surface area contributed by atoms with Gasteiger partial charge in [-0.25, -0.2) is 9.97 Å². The van der Waals surface area contributed by atoms with Crippen molar-refractivity contribution in [3.05, 3.63) is 40.6 Å². The summed E-state index contributed by atoms with van der Waals surface area (Å²) < 4.78 is 1.09. The van der Waals surface area contributed by atoms with Crippen molar-refractivity contribution in [2.75, 3.05) is 23.8 Å². The van der Waals surface area contributed by atoms with Gasteiger partial charge >= 0.3 is 0 Å². The molecular formula is C16H21BrN4. The molecule has 0 radical (unpaired) electrons. The molecule has 0 amide bonds. The summed E-state index contributed by atoms with van der Waals surface area (Å²) in [6, 6.07) is 8.14. The number of unbranched alkanes of at least 4 members (excludes halogenated alkanes) is 1. The van der Waals surface area contributed by atoms with Gasteiger partial charge in [0.25, 0.3) is 0 Å². The van der Waals surface area contributed by atoms with Crippen LogP contribution in [0.5, 0.6) is 0 Å². The highest BCUT2D eigenvalue weighted by Gasteiger charge is 2.05. The fraction of sp³-hybridized carbons (Fsp3) is 0.375. The standard InChI is InChI=1S/C16H21BrN4/c1-4-5-8-21(3)16-10-15(18-11-19-16)20-13-7-6-12(2)14(17)9-13/h6-7,9-11H,4-5,8H2,1-3H3,(H,18,19,20). The first-order chi connectivity index (χ1) is 10.1. The highest BCUT2D eigenvalue weighted by molar-refractivity contribution is 9.10. The third-order valence-electron chi connectivity index (χ3n) is 3.34. The zero-order chi connectivity index (χ0) is 15.2. The van der Waals surface area contributed by atoms with Gasteiger partial charge in [-0.3, -0.25) is 0 Å². The molecule has 5 heteroatoms. The van der Waals surface area contributed by atoms with Crippen LogP contribution in [0.2, 0.25) is 0 Å². The fourth-order valence-corrected chi connectivity index (χ4v) is 2.33. The van der Waals surface area contributed by atoms with Crippen LogP contribution < -0.4 is 10.2 Å². The van der Waals surface area contributed by atoms with Gasteiger partial charge < -0.3 is 10.2 Å². The fourth-order valence-electron chi connectivity index (χ4n) is 1.95. The van der Waals surface area contributed by atoms with Crippen LogP contribution in [-0.4, -0.2) is 23.6 Å². The van der Waals surface area contributed by atoms with E-state index < -0.39 is 0 Å². The molecule has 112 valence electrons. The van der Waals surface area contributed by atoms with Gasteiger partial charge in [-0.1, -0.05) is 35.3 Å². The Morgan fingerprint density at radius 3 is 2.76 bits per heavy atom. The molecule has 1 heterocycles. The lowest BCUT2D eigenvalue weighted by molar-refractivity contribution is 0.758. The van der Waals surface area contributed by atoms with Crippen LogP contribution in [0.3, 0.4) is 0 Å². The lowest BCUT2D eigenvalue weighted by Gasteiger charge is -2.18. The molecule has 1 N–H and O–H groups in total. The van der Waals surface area contributed by atoms with E-state index in [4.69, 9.17) is 0 Å². The first kappa shape index (κ1) is 15.8. The number of aromatic nitrogens is 2. The van der Waals surface area contributed by atoms with Crippen molar-refractivity contribution < 1.29 is 0 Å². The zero-order valence-electron chi connectivity index (χ0n) is 12.7. The van der Waals surface area contributed by atoms with Crippen molar-refractivity contribution in [3.8, 4) is 0 Å². The van der Waals surface area contributed by atoms with Crippen LogP contribution in [0, 0.1) is 6.92 Å². The minimum absolute atomic E-state index is 0.805. The average molecular weight is 349 g/mol. The quantitative estimate of drug-likeness (QED) is 0.832.